The second-order valence-electron chi connectivity index (χ2n) is 5.21. The number of rotatable bonds is 2. The fourth-order valence-corrected chi connectivity index (χ4v) is 2.62. The highest BCUT2D eigenvalue weighted by molar-refractivity contribution is 4.91. The Morgan fingerprint density at radius 3 is 2.21 bits per heavy atom. The second-order valence-corrected chi connectivity index (χ2v) is 5.21. The van der Waals surface area contributed by atoms with Gasteiger partial charge < -0.3 is 4.74 Å². The fraction of sp³-hybridized carbons (Fsp3) is 1.00. The Morgan fingerprint density at radius 1 is 1.00 bits per heavy atom. The van der Waals surface area contributed by atoms with Gasteiger partial charge in [0.05, 0.1) is 12.7 Å². The summed E-state index contributed by atoms with van der Waals surface area (Å²) in [7, 11) is 0. The summed E-state index contributed by atoms with van der Waals surface area (Å²) in [6.45, 7) is 5.49. The van der Waals surface area contributed by atoms with Crippen LogP contribution < -0.4 is 0 Å². The van der Waals surface area contributed by atoms with Gasteiger partial charge in [0.25, 0.3) is 0 Å². The molecule has 0 aromatic rings. The molecule has 3 rings (SSSR count). The first-order chi connectivity index (χ1) is 6.83. The molecule has 3 fully saturated rings. The highest BCUT2D eigenvalue weighted by atomic mass is 16.6. The van der Waals surface area contributed by atoms with Crippen molar-refractivity contribution in [3.8, 4) is 0 Å². The van der Waals surface area contributed by atoms with Crippen LogP contribution in [-0.2, 0) is 4.74 Å². The zero-order chi connectivity index (χ0) is 9.97. The minimum Gasteiger partial charge on any atom is -0.373 e. The van der Waals surface area contributed by atoms with Gasteiger partial charge in [0.1, 0.15) is 0 Å². The molecule has 2 saturated carbocycles. The molecule has 0 N–H and O–H groups in total. The topological polar surface area (TPSA) is 12.5 Å². The van der Waals surface area contributed by atoms with Gasteiger partial charge >= 0.3 is 0 Å². The summed E-state index contributed by atoms with van der Waals surface area (Å²) in [5, 5.41) is 0. The molecule has 4 atom stereocenters. The van der Waals surface area contributed by atoms with Crippen LogP contribution in [-0.4, -0.2) is 12.7 Å². The third-order valence-electron chi connectivity index (χ3n) is 4.09. The molecule has 4 unspecified atom stereocenters. The Bertz CT molecular complexity index is 174. The van der Waals surface area contributed by atoms with Crippen LogP contribution in [0.25, 0.3) is 0 Å². The van der Waals surface area contributed by atoms with Crippen LogP contribution in [0.4, 0.5) is 0 Å². The lowest BCUT2D eigenvalue weighted by Crippen LogP contribution is -2.06. The first-order valence-corrected chi connectivity index (χ1v) is 6.45. The van der Waals surface area contributed by atoms with Crippen molar-refractivity contribution in [2.24, 2.45) is 17.8 Å². The van der Waals surface area contributed by atoms with Gasteiger partial charge in [-0.3, -0.25) is 0 Å². The molecule has 1 saturated heterocycles. The smallest absolute Gasteiger partial charge is 0.0807 e. The predicted octanol–water partition coefficient (Wildman–Crippen LogP) is 3.63. The van der Waals surface area contributed by atoms with Crippen molar-refractivity contribution < 1.29 is 4.74 Å². The van der Waals surface area contributed by atoms with Gasteiger partial charge in [0.2, 0.25) is 0 Å². The maximum absolute atomic E-state index is 4.86. The van der Waals surface area contributed by atoms with Crippen LogP contribution in [0.3, 0.4) is 0 Å². The minimum absolute atomic E-state index is 0.634. The highest BCUT2D eigenvalue weighted by Gasteiger charge is 2.41. The van der Waals surface area contributed by atoms with E-state index in [0.29, 0.717) is 6.10 Å². The molecule has 14 heavy (non-hydrogen) atoms. The zero-order valence-electron chi connectivity index (χ0n) is 9.67. The Labute approximate surface area is 88.2 Å². The summed E-state index contributed by atoms with van der Waals surface area (Å²) in [5.41, 5.74) is 0. The third-order valence-corrected chi connectivity index (χ3v) is 4.09. The van der Waals surface area contributed by atoms with E-state index in [-0.39, 0.29) is 0 Å². The summed E-state index contributed by atoms with van der Waals surface area (Å²) < 4.78 is 4.86. The first-order valence-electron chi connectivity index (χ1n) is 6.45. The number of ether oxygens (including phenoxy) is 1. The largest absolute Gasteiger partial charge is 0.373 e. The molecule has 82 valence electrons. The van der Waals surface area contributed by atoms with Gasteiger partial charge in [0, 0.05) is 0 Å². The standard InChI is InChI=1S/C9H16.C4H8O/c1-2-7-3-4-8-6-9(8)5-7;1-2-4-3-5-4/h7-9H,2-6H2,1H3;4H,2-3H2,1H3. The summed E-state index contributed by atoms with van der Waals surface area (Å²) in [4.78, 5) is 0. The summed E-state index contributed by atoms with van der Waals surface area (Å²) >= 11 is 0. The van der Waals surface area contributed by atoms with E-state index in [1.807, 2.05) is 0 Å². The van der Waals surface area contributed by atoms with Gasteiger partial charge in [-0.15, -0.1) is 0 Å². The van der Waals surface area contributed by atoms with E-state index < -0.39 is 0 Å². The summed E-state index contributed by atoms with van der Waals surface area (Å²) in [6, 6.07) is 0. The molecule has 0 aromatic carbocycles. The van der Waals surface area contributed by atoms with Crippen molar-refractivity contribution in [1.29, 1.82) is 0 Å². The normalized spacial score (nSPS) is 43.3. The Kier molecular flexibility index (Phi) is 3.48. The average Bonchev–Trinajstić information content (AvgIpc) is 3.10. The van der Waals surface area contributed by atoms with Crippen molar-refractivity contribution in [3.63, 3.8) is 0 Å². The van der Waals surface area contributed by atoms with Crippen molar-refractivity contribution in [1.82, 2.24) is 0 Å². The lowest BCUT2D eigenvalue weighted by molar-refractivity contribution is 0.335. The number of hydrogen-bond acceptors (Lipinski definition) is 1. The van der Waals surface area contributed by atoms with Crippen LogP contribution in [0.15, 0.2) is 0 Å². The monoisotopic (exact) mass is 196 g/mol. The van der Waals surface area contributed by atoms with E-state index in [4.69, 9.17) is 4.74 Å². The highest BCUT2D eigenvalue weighted by Crippen LogP contribution is 2.51. The average molecular weight is 196 g/mol. The van der Waals surface area contributed by atoms with Crippen molar-refractivity contribution in [2.75, 3.05) is 6.61 Å². The van der Waals surface area contributed by atoms with Crippen LogP contribution in [0.1, 0.15) is 52.4 Å². The number of epoxide rings is 1. The van der Waals surface area contributed by atoms with E-state index >= 15 is 0 Å². The van der Waals surface area contributed by atoms with Crippen LogP contribution >= 0.6 is 0 Å². The van der Waals surface area contributed by atoms with Gasteiger partial charge in [-0.1, -0.05) is 26.7 Å². The van der Waals surface area contributed by atoms with Gasteiger partial charge in [-0.2, -0.15) is 0 Å². The zero-order valence-corrected chi connectivity index (χ0v) is 9.67. The van der Waals surface area contributed by atoms with E-state index in [2.05, 4.69) is 13.8 Å². The van der Waals surface area contributed by atoms with Crippen molar-refractivity contribution in [2.45, 2.75) is 58.5 Å². The van der Waals surface area contributed by atoms with Crippen molar-refractivity contribution >= 4 is 0 Å². The van der Waals surface area contributed by atoms with E-state index in [1.165, 1.54) is 31.1 Å². The summed E-state index contributed by atoms with van der Waals surface area (Å²) in [5.74, 6) is 3.48. The van der Waals surface area contributed by atoms with Crippen molar-refractivity contribution in [3.05, 3.63) is 0 Å². The predicted molar refractivity (Wildman–Crippen MR) is 59.3 cm³/mol. The minimum atomic E-state index is 0.634. The molecule has 3 aliphatic rings. The Hall–Kier alpha value is -0.0400. The molecule has 0 spiro atoms. The molecular weight excluding hydrogens is 172 g/mol. The fourth-order valence-electron chi connectivity index (χ4n) is 2.62. The lowest BCUT2D eigenvalue weighted by Gasteiger charge is -2.18. The number of fused-ring (bicyclic) bond motifs is 1. The van der Waals surface area contributed by atoms with Crippen LogP contribution in [0, 0.1) is 17.8 Å². The molecule has 1 aliphatic heterocycles. The maximum atomic E-state index is 4.86. The molecule has 1 heterocycles. The van der Waals surface area contributed by atoms with E-state index in [1.54, 1.807) is 19.3 Å². The number of hydrogen-bond donors (Lipinski definition) is 0. The first kappa shape index (κ1) is 10.5. The van der Waals surface area contributed by atoms with Crippen LogP contribution in [0.2, 0.25) is 0 Å². The second kappa shape index (κ2) is 4.65. The third kappa shape index (κ3) is 2.98. The molecular formula is C13H24O. The molecule has 0 radical (unpaired) electrons. The quantitative estimate of drug-likeness (QED) is 0.614. The lowest BCUT2D eigenvalue weighted by atomic mass is 9.88. The molecule has 1 nitrogen and oxygen atoms in total. The van der Waals surface area contributed by atoms with Gasteiger partial charge in [-0.25, -0.2) is 0 Å². The molecule has 0 bridgehead atoms. The SMILES string of the molecule is CCC1CCC2CC2C1.CCC1CO1. The maximum Gasteiger partial charge on any atom is 0.0807 e. The molecule has 0 amide bonds. The van der Waals surface area contributed by atoms with E-state index in [9.17, 15) is 0 Å². The molecule has 0 aromatic heterocycles. The van der Waals surface area contributed by atoms with Gasteiger partial charge in [0.15, 0.2) is 0 Å². The van der Waals surface area contributed by atoms with E-state index in [0.717, 1.165) is 12.5 Å². The van der Waals surface area contributed by atoms with Gasteiger partial charge in [-0.05, 0) is 43.4 Å². The molecule has 1 heteroatoms. The summed E-state index contributed by atoms with van der Waals surface area (Å²) in [6.07, 6.45) is 9.51. The van der Waals surface area contributed by atoms with Crippen LogP contribution in [0.5, 0.6) is 0 Å². The molecule has 2 aliphatic carbocycles. The Balaban J connectivity index is 0.000000128. The Morgan fingerprint density at radius 2 is 1.79 bits per heavy atom.